The van der Waals surface area contributed by atoms with Gasteiger partial charge in [0.2, 0.25) is 0 Å². The van der Waals surface area contributed by atoms with Crippen LogP contribution in [0.15, 0.2) is 30.3 Å². The van der Waals surface area contributed by atoms with Crippen LogP contribution in [0.5, 0.6) is 0 Å². The molecule has 0 radical (unpaired) electrons. The number of rotatable bonds is 3. The molecule has 2 atom stereocenters. The van der Waals surface area contributed by atoms with Crippen molar-refractivity contribution >= 4 is 11.8 Å². The van der Waals surface area contributed by atoms with Crippen molar-refractivity contribution < 1.29 is 0 Å². The van der Waals surface area contributed by atoms with Crippen LogP contribution >= 0.6 is 11.8 Å². The summed E-state index contributed by atoms with van der Waals surface area (Å²) >= 11 is 2.01. The average Bonchev–Trinajstić information content (AvgIpc) is 2.39. The maximum Gasteiger partial charge on any atom is 0.0839 e. The van der Waals surface area contributed by atoms with Crippen LogP contribution in [0, 0.1) is 11.3 Å². The maximum absolute atomic E-state index is 9.31. The van der Waals surface area contributed by atoms with Gasteiger partial charge in [-0.15, -0.1) is 0 Å². The third-order valence-corrected chi connectivity index (χ3v) is 4.47. The highest BCUT2D eigenvalue weighted by Gasteiger charge is 2.22. The normalized spacial score (nSPS) is 22.9. The van der Waals surface area contributed by atoms with Gasteiger partial charge in [0.1, 0.15) is 0 Å². The second kappa shape index (κ2) is 6.09. The van der Waals surface area contributed by atoms with Crippen LogP contribution < -0.4 is 0 Å². The molecule has 1 aliphatic heterocycles. The number of nitriles is 1. The highest BCUT2D eigenvalue weighted by molar-refractivity contribution is 7.99. The zero-order valence-electron chi connectivity index (χ0n) is 10.2. The van der Waals surface area contributed by atoms with E-state index in [-0.39, 0.29) is 5.92 Å². The second-order valence-electron chi connectivity index (χ2n) is 4.51. The number of benzene rings is 1. The van der Waals surface area contributed by atoms with Gasteiger partial charge in [-0.05, 0) is 12.5 Å². The van der Waals surface area contributed by atoms with E-state index in [2.05, 4.69) is 30.0 Å². The summed E-state index contributed by atoms with van der Waals surface area (Å²) in [5, 5.41) is 9.31. The van der Waals surface area contributed by atoms with Crippen LogP contribution in [-0.2, 0) is 0 Å². The molecule has 90 valence electrons. The van der Waals surface area contributed by atoms with Crippen molar-refractivity contribution in [3.05, 3.63) is 35.9 Å². The highest BCUT2D eigenvalue weighted by atomic mass is 32.2. The van der Waals surface area contributed by atoms with Crippen molar-refractivity contribution in [2.75, 3.05) is 24.6 Å². The summed E-state index contributed by atoms with van der Waals surface area (Å²) in [6.45, 7) is 4.23. The van der Waals surface area contributed by atoms with Crippen LogP contribution in [0.25, 0.3) is 0 Å². The molecule has 1 saturated heterocycles. The minimum absolute atomic E-state index is 0.00162. The molecular formula is C14H18N2S. The van der Waals surface area contributed by atoms with Gasteiger partial charge in [-0.3, -0.25) is 4.90 Å². The van der Waals surface area contributed by atoms with Gasteiger partial charge < -0.3 is 0 Å². The lowest BCUT2D eigenvalue weighted by Crippen LogP contribution is -2.42. The fraction of sp³-hybridized carbons (Fsp3) is 0.500. The minimum Gasteiger partial charge on any atom is -0.297 e. The quantitative estimate of drug-likeness (QED) is 0.820. The molecule has 0 aromatic heterocycles. The van der Waals surface area contributed by atoms with Crippen molar-refractivity contribution in [2.24, 2.45) is 0 Å². The summed E-state index contributed by atoms with van der Waals surface area (Å²) in [5.41, 5.74) is 1.14. The summed E-state index contributed by atoms with van der Waals surface area (Å²) in [7, 11) is 0. The van der Waals surface area contributed by atoms with E-state index < -0.39 is 0 Å². The third kappa shape index (κ3) is 3.24. The molecule has 2 nitrogen and oxygen atoms in total. The smallest absolute Gasteiger partial charge is 0.0839 e. The van der Waals surface area contributed by atoms with Crippen LogP contribution in [-0.4, -0.2) is 35.5 Å². The van der Waals surface area contributed by atoms with E-state index in [1.165, 1.54) is 11.5 Å². The summed E-state index contributed by atoms with van der Waals surface area (Å²) in [4.78, 5) is 2.44. The molecule has 2 unspecified atom stereocenters. The topological polar surface area (TPSA) is 27.0 Å². The largest absolute Gasteiger partial charge is 0.297 e. The molecule has 0 bridgehead atoms. The second-order valence-corrected chi connectivity index (χ2v) is 5.66. The highest BCUT2D eigenvalue weighted by Crippen LogP contribution is 2.21. The molecule has 17 heavy (non-hydrogen) atoms. The fourth-order valence-electron chi connectivity index (χ4n) is 2.17. The first kappa shape index (κ1) is 12.5. The van der Waals surface area contributed by atoms with Crippen molar-refractivity contribution in [3.63, 3.8) is 0 Å². The number of thioether (sulfide) groups is 1. The monoisotopic (exact) mass is 246 g/mol. The number of nitrogens with zero attached hydrogens (tertiary/aromatic N) is 2. The lowest BCUT2D eigenvalue weighted by Gasteiger charge is -2.34. The molecule has 0 saturated carbocycles. The van der Waals surface area contributed by atoms with E-state index in [0.717, 1.165) is 18.7 Å². The van der Waals surface area contributed by atoms with Crippen molar-refractivity contribution in [3.8, 4) is 6.07 Å². The average molecular weight is 246 g/mol. The Morgan fingerprint density at radius 2 is 2.24 bits per heavy atom. The van der Waals surface area contributed by atoms with Gasteiger partial charge in [-0.25, -0.2) is 0 Å². The van der Waals surface area contributed by atoms with Gasteiger partial charge in [0.15, 0.2) is 0 Å². The number of hydrogen-bond acceptors (Lipinski definition) is 3. The molecule has 1 aromatic rings. The van der Waals surface area contributed by atoms with E-state index >= 15 is 0 Å². The lowest BCUT2D eigenvalue weighted by molar-refractivity contribution is 0.228. The van der Waals surface area contributed by atoms with Crippen molar-refractivity contribution in [1.29, 1.82) is 5.26 Å². The first-order valence-corrected chi connectivity index (χ1v) is 7.23. The molecule has 1 heterocycles. The molecule has 3 heteroatoms. The summed E-state index contributed by atoms with van der Waals surface area (Å²) in [5.74, 6) is 2.38. The zero-order chi connectivity index (χ0) is 12.1. The summed E-state index contributed by atoms with van der Waals surface area (Å²) in [6, 6.07) is 13.2. The zero-order valence-corrected chi connectivity index (χ0v) is 11.0. The summed E-state index contributed by atoms with van der Waals surface area (Å²) in [6.07, 6.45) is 0. The van der Waals surface area contributed by atoms with Gasteiger partial charge in [0.25, 0.3) is 0 Å². The Hall–Kier alpha value is -0.980. The van der Waals surface area contributed by atoms with Crippen LogP contribution in [0.4, 0.5) is 0 Å². The first-order chi connectivity index (χ1) is 8.31. The lowest BCUT2D eigenvalue weighted by atomic mass is 9.99. The van der Waals surface area contributed by atoms with Crippen LogP contribution in [0.3, 0.4) is 0 Å². The maximum atomic E-state index is 9.31. The SMILES string of the molecule is CC1CSCCN1CC(C#N)c1ccccc1. The third-order valence-electron chi connectivity index (χ3n) is 3.28. The molecule has 0 N–H and O–H groups in total. The van der Waals surface area contributed by atoms with Gasteiger partial charge in [-0.2, -0.15) is 17.0 Å². The predicted molar refractivity (Wildman–Crippen MR) is 73.2 cm³/mol. The van der Waals surface area contributed by atoms with E-state index in [1.54, 1.807) is 0 Å². The van der Waals surface area contributed by atoms with Crippen molar-refractivity contribution in [2.45, 2.75) is 18.9 Å². The molecule has 0 aliphatic carbocycles. The Balaban J connectivity index is 2.03. The molecule has 0 amide bonds. The van der Waals surface area contributed by atoms with Gasteiger partial charge in [0, 0.05) is 30.6 Å². The summed E-state index contributed by atoms with van der Waals surface area (Å²) < 4.78 is 0. The molecular weight excluding hydrogens is 228 g/mol. The fourth-order valence-corrected chi connectivity index (χ4v) is 3.26. The van der Waals surface area contributed by atoms with Crippen LogP contribution in [0.1, 0.15) is 18.4 Å². The molecule has 0 spiro atoms. The Morgan fingerprint density at radius 3 is 2.88 bits per heavy atom. The standard InChI is InChI=1S/C14H18N2S/c1-12-11-17-8-7-16(12)10-14(9-15)13-5-3-2-4-6-13/h2-6,12,14H,7-8,10-11H2,1H3. The van der Waals surface area contributed by atoms with Crippen molar-refractivity contribution in [1.82, 2.24) is 4.90 Å². The molecule has 1 aromatic carbocycles. The predicted octanol–water partition coefficient (Wildman–Crippen LogP) is 2.73. The van der Waals surface area contributed by atoms with E-state index in [1.807, 2.05) is 30.0 Å². The Kier molecular flexibility index (Phi) is 4.47. The number of hydrogen-bond donors (Lipinski definition) is 0. The van der Waals surface area contributed by atoms with Gasteiger partial charge >= 0.3 is 0 Å². The van der Waals surface area contributed by atoms with Gasteiger partial charge in [-0.1, -0.05) is 30.3 Å². The Morgan fingerprint density at radius 1 is 1.47 bits per heavy atom. The molecule has 1 fully saturated rings. The first-order valence-electron chi connectivity index (χ1n) is 6.07. The van der Waals surface area contributed by atoms with E-state index in [0.29, 0.717) is 6.04 Å². The van der Waals surface area contributed by atoms with Gasteiger partial charge in [0.05, 0.1) is 12.0 Å². The van der Waals surface area contributed by atoms with Crippen LogP contribution in [0.2, 0.25) is 0 Å². The van der Waals surface area contributed by atoms with E-state index in [4.69, 9.17) is 0 Å². The molecule has 1 aliphatic rings. The minimum atomic E-state index is 0.00162. The Labute approximate surface area is 108 Å². The van der Waals surface area contributed by atoms with E-state index in [9.17, 15) is 5.26 Å². The Bertz CT molecular complexity index is 385. The molecule has 2 rings (SSSR count).